The zero-order chi connectivity index (χ0) is 19.8. The molecule has 1 atom stereocenters. The molecule has 0 spiro atoms. The van der Waals surface area contributed by atoms with E-state index in [4.69, 9.17) is 19.9 Å². The molecule has 3 heterocycles. The van der Waals surface area contributed by atoms with Crippen molar-refractivity contribution in [3.8, 4) is 17.1 Å². The van der Waals surface area contributed by atoms with E-state index in [9.17, 15) is 0 Å². The number of aromatic nitrogens is 4. The molecule has 9 nitrogen and oxygen atoms in total. The number of nitrogens with one attached hydrogen (secondary N) is 1. The highest BCUT2D eigenvalue weighted by atomic mass is 35.5. The maximum Gasteiger partial charge on any atom is 0.227 e. The Hall–Kier alpha value is -3.69. The van der Waals surface area contributed by atoms with E-state index >= 15 is 0 Å². The molecule has 152 valence electrons. The van der Waals surface area contributed by atoms with Crippen LogP contribution in [-0.2, 0) is 0 Å². The summed E-state index contributed by atoms with van der Waals surface area (Å²) in [6.07, 6.45) is 1.16. The number of H-pyrrole nitrogens is 1. The summed E-state index contributed by atoms with van der Waals surface area (Å²) in [4.78, 5) is 6.71. The predicted octanol–water partition coefficient (Wildman–Crippen LogP) is 3.45. The quantitative estimate of drug-likeness (QED) is 0.516. The van der Waals surface area contributed by atoms with Crippen LogP contribution in [0.4, 0.5) is 11.6 Å². The fourth-order valence-corrected chi connectivity index (χ4v) is 3.33. The van der Waals surface area contributed by atoms with Crippen molar-refractivity contribution < 1.29 is 9.15 Å². The molecule has 1 aliphatic rings. The van der Waals surface area contributed by atoms with Gasteiger partial charge in [-0.3, -0.25) is 0 Å². The number of aliphatic imine (C=N–C) groups is 1. The van der Waals surface area contributed by atoms with E-state index in [-0.39, 0.29) is 12.4 Å². The third-order valence-electron chi connectivity index (χ3n) is 4.80. The van der Waals surface area contributed by atoms with Gasteiger partial charge >= 0.3 is 0 Å². The highest BCUT2D eigenvalue weighted by Crippen LogP contribution is 2.38. The van der Waals surface area contributed by atoms with Crippen molar-refractivity contribution in [3.05, 3.63) is 72.0 Å². The number of amidine groups is 1. The summed E-state index contributed by atoms with van der Waals surface area (Å²) in [5, 5.41) is 14.1. The molecule has 30 heavy (non-hydrogen) atoms. The summed E-state index contributed by atoms with van der Waals surface area (Å²) >= 11 is 0. The first-order chi connectivity index (χ1) is 14.2. The van der Waals surface area contributed by atoms with Gasteiger partial charge in [0.05, 0.1) is 18.9 Å². The zero-order valence-corrected chi connectivity index (χ0v) is 16.7. The lowest BCUT2D eigenvalue weighted by Gasteiger charge is -2.34. The first-order valence-electron chi connectivity index (χ1n) is 8.94. The molecule has 0 aliphatic carbocycles. The normalized spacial score (nSPS) is 15.2. The van der Waals surface area contributed by atoms with Gasteiger partial charge in [0.2, 0.25) is 11.7 Å². The van der Waals surface area contributed by atoms with Crippen molar-refractivity contribution in [2.45, 2.75) is 6.17 Å². The highest BCUT2D eigenvalue weighted by molar-refractivity contribution is 6.12. The number of aromatic amines is 1. The Morgan fingerprint density at radius 2 is 1.77 bits per heavy atom. The number of hydrogen-bond donors (Lipinski definition) is 2. The molecule has 0 amide bonds. The number of nitrogens with zero attached hydrogens (tertiary/aromatic N) is 5. The lowest BCUT2D eigenvalue weighted by molar-refractivity contribution is 0.415. The molecule has 2 aromatic carbocycles. The van der Waals surface area contributed by atoms with Crippen LogP contribution in [0.3, 0.4) is 0 Å². The van der Waals surface area contributed by atoms with Gasteiger partial charge in [-0.2, -0.15) is 10.2 Å². The minimum absolute atomic E-state index is 0. The van der Waals surface area contributed by atoms with Gasteiger partial charge in [-0.15, -0.1) is 22.6 Å². The summed E-state index contributed by atoms with van der Waals surface area (Å²) in [5.74, 6) is 2.50. The summed E-state index contributed by atoms with van der Waals surface area (Å²) < 4.78 is 10.8. The van der Waals surface area contributed by atoms with Gasteiger partial charge in [0.1, 0.15) is 17.8 Å². The number of methoxy groups -OCH3 is 1. The van der Waals surface area contributed by atoms with Crippen LogP contribution in [0.1, 0.15) is 17.3 Å². The van der Waals surface area contributed by atoms with E-state index in [0.717, 1.165) is 28.1 Å². The van der Waals surface area contributed by atoms with Gasteiger partial charge in [0, 0.05) is 16.8 Å². The maximum absolute atomic E-state index is 6.59. The Morgan fingerprint density at radius 1 is 1.03 bits per heavy atom. The number of benzene rings is 2. The smallest absolute Gasteiger partial charge is 0.227 e. The average Bonchev–Trinajstić information content (AvgIpc) is 3.46. The first-order valence-corrected chi connectivity index (χ1v) is 8.94. The third-order valence-corrected chi connectivity index (χ3v) is 4.80. The lowest BCUT2D eigenvalue weighted by Crippen LogP contribution is -2.41. The number of halogens is 1. The van der Waals surface area contributed by atoms with E-state index in [1.165, 1.54) is 0 Å². The molecule has 0 fully saturated rings. The van der Waals surface area contributed by atoms with Gasteiger partial charge in [-0.05, 0) is 35.5 Å². The Labute approximate surface area is 178 Å². The second-order valence-electron chi connectivity index (χ2n) is 6.44. The van der Waals surface area contributed by atoms with E-state index in [2.05, 4.69) is 20.6 Å². The number of furan rings is 1. The molecule has 1 aliphatic heterocycles. The standard InChI is InChI=1S/C20H17N7O2.ClH/c1-28-15-8-6-14(7-9-15)27-17(21)16-10-11-29-20(16)22-19(27)13-4-2-12(3-5-13)18-23-25-26-24-18;/h2-11,17H,21H2,1H3,(H,23,24,25,26);1H. The molecule has 0 saturated heterocycles. The van der Waals surface area contributed by atoms with Gasteiger partial charge in [-0.1, -0.05) is 24.3 Å². The Kier molecular flexibility index (Phi) is 5.21. The number of ether oxygens (including phenoxy) is 1. The predicted molar refractivity (Wildman–Crippen MR) is 114 cm³/mol. The van der Waals surface area contributed by atoms with Crippen LogP contribution >= 0.6 is 12.4 Å². The number of tetrazole rings is 1. The van der Waals surface area contributed by atoms with Crippen LogP contribution in [0.25, 0.3) is 11.4 Å². The number of nitrogens with two attached hydrogens (primary N) is 1. The van der Waals surface area contributed by atoms with Gasteiger partial charge in [-0.25, -0.2) is 0 Å². The molecule has 3 N–H and O–H groups in total. The molecule has 4 aromatic rings. The van der Waals surface area contributed by atoms with E-state index in [1.54, 1.807) is 13.4 Å². The van der Waals surface area contributed by atoms with Crippen LogP contribution in [-0.4, -0.2) is 33.6 Å². The summed E-state index contributed by atoms with van der Waals surface area (Å²) in [7, 11) is 1.64. The van der Waals surface area contributed by atoms with Crippen molar-refractivity contribution >= 4 is 29.8 Å². The summed E-state index contributed by atoms with van der Waals surface area (Å²) in [6.45, 7) is 0. The monoisotopic (exact) mass is 423 g/mol. The van der Waals surface area contributed by atoms with Gasteiger partial charge in [0.15, 0.2) is 0 Å². The van der Waals surface area contributed by atoms with Gasteiger partial charge in [0.25, 0.3) is 0 Å². The topological polar surface area (TPSA) is 118 Å². The molecule has 5 rings (SSSR count). The molecular formula is C20H18ClN7O2. The number of rotatable bonds is 4. The van der Waals surface area contributed by atoms with E-state index in [1.807, 2.05) is 59.5 Å². The third kappa shape index (κ3) is 3.30. The summed E-state index contributed by atoms with van der Waals surface area (Å²) in [5.41, 5.74) is 10.0. The lowest BCUT2D eigenvalue weighted by atomic mass is 10.1. The average molecular weight is 424 g/mol. The van der Waals surface area contributed by atoms with Crippen LogP contribution in [0.15, 0.2) is 70.3 Å². The molecule has 2 aromatic heterocycles. The molecular weight excluding hydrogens is 406 g/mol. The second kappa shape index (κ2) is 7.97. The Bertz CT molecular complexity index is 1150. The molecule has 0 bridgehead atoms. The van der Waals surface area contributed by atoms with Crippen molar-refractivity contribution in [1.29, 1.82) is 0 Å². The van der Waals surface area contributed by atoms with Crippen molar-refractivity contribution in [1.82, 2.24) is 20.6 Å². The number of fused-ring (bicyclic) bond motifs is 1. The first kappa shape index (κ1) is 19.6. The summed E-state index contributed by atoms with van der Waals surface area (Å²) in [6, 6.07) is 17.3. The zero-order valence-electron chi connectivity index (χ0n) is 15.9. The van der Waals surface area contributed by atoms with Crippen molar-refractivity contribution in [2.24, 2.45) is 10.7 Å². The SMILES string of the molecule is COc1ccc(N2C(c3ccc(-c4nn[nH]n4)cc3)=Nc3occc3C2N)cc1.Cl. The van der Waals surface area contributed by atoms with Crippen LogP contribution < -0.4 is 15.4 Å². The van der Waals surface area contributed by atoms with Crippen molar-refractivity contribution in [2.75, 3.05) is 12.0 Å². The molecule has 1 unspecified atom stereocenters. The molecule has 10 heteroatoms. The van der Waals surface area contributed by atoms with Crippen LogP contribution in [0, 0.1) is 0 Å². The number of hydrogen-bond acceptors (Lipinski definition) is 8. The fraction of sp³-hybridized carbons (Fsp3) is 0.100. The molecule has 0 saturated carbocycles. The minimum atomic E-state index is -0.443. The largest absolute Gasteiger partial charge is 0.497 e. The Balaban J connectivity index is 0.00000218. The Morgan fingerprint density at radius 3 is 2.43 bits per heavy atom. The van der Waals surface area contributed by atoms with Crippen LogP contribution in [0.5, 0.6) is 5.75 Å². The van der Waals surface area contributed by atoms with E-state index in [0.29, 0.717) is 17.5 Å². The molecule has 0 radical (unpaired) electrons. The van der Waals surface area contributed by atoms with Crippen LogP contribution in [0.2, 0.25) is 0 Å². The fourth-order valence-electron chi connectivity index (χ4n) is 3.33. The minimum Gasteiger partial charge on any atom is -0.497 e. The van der Waals surface area contributed by atoms with E-state index < -0.39 is 6.17 Å². The maximum atomic E-state index is 6.59. The second-order valence-corrected chi connectivity index (χ2v) is 6.44. The number of anilines is 1. The van der Waals surface area contributed by atoms with Gasteiger partial charge < -0.3 is 19.8 Å². The van der Waals surface area contributed by atoms with Crippen molar-refractivity contribution in [3.63, 3.8) is 0 Å². The highest BCUT2D eigenvalue weighted by Gasteiger charge is 2.31.